The van der Waals surface area contributed by atoms with Crippen LogP contribution in [0.15, 0.2) is 108 Å². The predicted molar refractivity (Wildman–Crippen MR) is 449 cm³/mol. The van der Waals surface area contributed by atoms with Gasteiger partial charge in [0.15, 0.2) is 23.8 Å². The second kappa shape index (κ2) is 40.4. The number of ketones is 2. The van der Waals surface area contributed by atoms with Crippen LogP contribution < -0.4 is 47.9 Å². The number of hydrogen-bond donors (Lipinski definition) is 11. The molecule has 2 aromatic carbocycles. The molecule has 10 aliphatic rings. The van der Waals surface area contributed by atoms with E-state index in [1.54, 1.807) is 98.6 Å². The molecular weight excluding hydrogens is 1580 g/mol. The van der Waals surface area contributed by atoms with E-state index in [4.69, 9.17) is 14.2 Å². The number of aliphatic hydroxyl groups excluding tert-OH is 2. The molecule has 0 aromatic heterocycles. The highest BCUT2D eigenvalue weighted by atomic mass is 33.1. The summed E-state index contributed by atoms with van der Waals surface area (Å²) in [7, 11) is 5.29. The Morgan fingerprint density at radius 3 is 2.08 bits per heavy atom. The Morgan fingerprint density at radius 2 is 1.38 bits per heavy atom. The summed E-state index contributed by atoms with van der Waals surface area (Å²) in [4.78, 5) is 197. The Bertz CT molecular complexity index is 4240. The molecule has 0 radical (unpaired) electrons. The van der Waals surface area contributed by atoms with Gasteiger partial charge in [-0.3, -0.25) is 52.7 Å². The van der Waals surface area contributed by atoms with Gasteiger partial charge in [-0.05, 0) is 197 Å². The van der Waals surface area contributed by atoms with Gasteiger partial charge >= 0.3 is 12.1 Å². The summed E-state index contributed by atoms with van der Waals surface area (Å²) in [5.74, 6) is -9.69. The molecule has 3 saturated carbocycles. The minimum atomic E-state index is -1.83. The van der Waals surface area contributed by atoms with Crippen LogP contribution in [0.4, 0.5) is 4.79 Å². The van der Waals surface area contributed by atoms with Crippen molar-refractivity contribution in [2.24, 2.45) is 40.9 Å². The number of aliphatic hydroxyl groups is 2. The van der Waals surface area contributed by atoms with Gasteiger partial charge in [-0.2, -0.15) is 0 Å². The fourth-order valence-corrected chi connectivity index (χ4v) is 22.4. The summed E-state index contributed by atoms with van der Waals surface area (Å²) in [6, 6.07) is 4.62. The third kappa shape index (κ3) is 21.6. The van der Waals surface area contributed by atoms with Crippen LogP contribution in [0.5, 0.6) is 0 Å². The molecule has 5 aliphatic heterocycles. The number of likely N-dealkylation sites (tertiary alicyclic amines) is 3. The highest BCUT2D eigenvalue weighted by molar-refractivity contribution is 8.76. The molecule has 10 amide bonds. The van der Waals surface area contributed by atoms with E-state index in [2.05, 4.69) is 52.8 Å². The quantitative estimate of drug-likeness (QED) is 0.0420. The Kier molecular flexibility index (Phi) is 30.4. The van der Waals surface area contributed by atoms with Gasteiger partial charge in [0, 0.05) is 75.4 Å². The van der Waals surface area contributed by atoms with Crippen LogP contribution in [0, 0.1) is 40.9 Å². The molecule has 2 aromatic rings. The number of ether oxygens (including phenoxy) is 3. The first kappa shape index (κ1) is 90.3. The van der Waals surface area contributed by atoms with Gasteiger partial charge < -0.3 is 87.0 Å². The number of carbonyl (C=O) groups excluding carboxylic acids is 13. The van der Waals surface area contributed by atoms with E-state index in [1.807, 2.05) is 38.3 Å². The molecule has 5 aliphatic carbocycles. The Hall–Kier alpha value is -8.95. The fourth-order valence-electron chi connectivity index (χ4n) is 20.1. The lowest BCUT2D eigenvalue weighted by Crippen LogP contribution is -2.62. The third-order valence-electron chi connectivity index (χ3n) is 26.2. The van der Waals surface area contributed by atoms with Gasteiger partial charge in [0.05, 0.1) is 24.2 Å². The number of alkyl carbamates (subject to hydrolysis) is 1. The maximum Gasteiger partial charge on any atom is 0.407 e. The number of piperidine rings is 1. The van der Waals surface area contributed by atoms with Gasteiger partial charge in [-0.25, -0.2) is 9.59 Å². The number of benzene rings is 2. The van der Waals surface area contributed by atoms with Gasteiger partial charge in [0.25, 0.3) is 0 Å². The van der Waals surface area contributed by atoms with E-state index in [-0.39, 0.29) is 142 Å². The van der Waals surface area contributed by atoms with Crippen LogP contribution in [0.25, 0.3) is 0 Å². The summed E-state index contributed by atoms with van der Waals surface area (Å²) in [5, 5.41) is 49.6. The summed E-state index contributed by atoms with van der Waals surface area (Å²) >= 11 is 0. The number of rotatable bonds is 23. The molecule has 30 nitrogen and oxygen atoms in total. The van der Waals surface area contributed by atoms with Gasteiger partial charge in [-0.1, -0.05) is 119 Å². The number of nitrogens with one attached hydrogen (secondary N) is 9. The third-order valence-corrected chi connectivity index (χ3v) is 28.6. The van der Waals surface area contributed by atoms with Crippen molar-refractivity contribution in [3.63, 3.8) is 0 Å². The largest absolute Gasteiger partial charge is 0.455 e. The molecule has 4 saturated heterocycles. The van der Waals surface area contributed by atoms with E-state index in [0.29, 0.717) is 87.6 Å². The van der Waals surface area contributed by atoms with Gasteiger partial charge in [0.1, 0.15) is 60.0 Å². The molecular formula is C88H120N12O18S2. The minimum absolute atomic E-state index is 0.0118. The molecule has 11 N–H and O–H groups in total. The predicted octanol–water partition coefficient (Wildman–Crippen LogP) is 4.26. The molecule has 0 spiro atoms. The van der Waals surface area contributed by atoms with Crippen LogP contribution in [0.1, 0.15) is 155 Å². The zero-order valence-corrected chi connectivity index (χ0v) is 71.4. The molecule has 5 heterocycles. The molecule has 20 atom stereocenters. The Labute approximate surface area is 709 Å². The maximum absolute atomic E-state index is 15.7. The molecule has 7 fully saturated rings. The fraction of sp³-hybridized carbons (Fsp3) is 0.625. The lowest BCUT2D eigenvalue weighted by molar-refractivity contribution is -0.202. The van der Waals surface area contributed by atoms with Crippen molar-refractivity contribution >= 4 is 98.4 Å². The normalized spacial score (nSPS) is 31.8. The minimum Gasteiger partial charge on any atom is -0.455 e. The highest BCUT2D eigenvalue weighted by Gasteiger charge is 2.69. The Balaban J connectivity index is 0.853. The average molecular weight is 1700 g/mol. The van der Waals surface area contributed by atoms with Crippen molar-refractivity contribution in [1.82, 2.24) is 62.6 Å². The first-order valence-corrected chi connectivity index (χ1v) is 45.3. The van der Waals surface area contributed by atoms with E-state index < -0.39 is 149 Å². The molecule has 0 bridgehead atoms. The molecule has 12 rings (SSSR count). The topological polar surface area (TPSA) is 408 Å². The smallest absolute Gasteiger partial charge is 0.407 e. The van der Waals surface area contributed by atoms with Crippen molar-refractivity contribution in [1.29, 1.82) is 0 Å². The van der Waals surface area contributed by atoms with Crippen LogP contribution in [-0.2, 0) is 84.6 Å². The second-order valence-electron chi connectivity index (χ2n) is 35.4. The molecule has 32 heteroatoms. The number of hydrogen-bond acceptors (Lipinski definition) is 22. The number of esters is 1. The van der Waals surface area contributed by atoms with Crippen molar-refractivity contribution in [3.05, 3.63) is 120 Å². The maximum atomic E-state index is 15.7. The van der Waals surface area contributed by atoms with Crippen molar-refractivity contribution in [3.8, 4) is 0 Å². The lowest BCUT2D eigenvalue weighted by atomic mass is 9.49. The van der Waals surface area contributed by atoms with Crippen LogP contribution >= 0.6 is 21.6 Å². The first-order valence-electron chi connectivity index (χ1n) is 42.8. The Morgan fingerprint density at radius 1 is 0.717 bits per heavy atom. The monoisotopic (exact) mass is 1700 g/mol. The zero-order valence-electron chi connectivity index (χ0n) is 69.8. The number of Topliss-reactive ketones (excluding diaryl/α,β-unsaturated/α-hetero) is 1. The number of fused-ring (bicyclic) bond motifs is 6. The van der Waals surface area contributed by atoms with Crippen LogP contribution in [0.3, 0.4) is 0 Å². The summed E-state index contributed by atoms with van der Waals surface area (Å²) in [6.07, 6.45) is 14.3. The van der Waals surface area contributed by atoms with Gasteiger partial charge in [0.2, 0.25) is 53.2 Å². The van der Waals surface area contributed by atoms with Crippen molar-refractivity contribution in [2.45, 2.75) is 240 Å². The zero-order chi connectivity index (χ0) is 85.7. The summed E-state index contributed by atoms with van der Waals surface area (Å²) < 4.78 is 17.7. The van der Waals surface area contributed by atoms with Crippen LogP contribution in [-0.4, -0.2) is 251 Å². The SMILES string of the molecule is CO[C@@]1(C(=O)OCC(=O)C2CSSCC(NC(=O)C(Cc3ccccc3)NC(=O)C3CCCN3C(=O)C3CCCN3C(=O)C3CCCN(C)C3)C(=O)NC(Cc3ccccc3)C(=O)NC(CC3=CNC4C=CC=CC34)C(=O)NC(CCCCNC(=O)OC(C)(C)C)C(=O)NC(C(C)O)C(=O)N2)CCC2C3CCC4=CC(=O)CCC4C3C(O)CC21C. The van der Waals surface area contributed by atoms with E-state index in [1.165, 1.54) is 18.9 Å². The molecule has 652 valence electrons. The average Bonchev–Trinajstić information content (AvgIpc) is 1.51. The first-order chi connectivity index (χ1) is 57.4. The lowest BCUT2D eigenvalue weighted by Gasteiger charge is -2.57. The van der Waals surface area contributed by atoms with E-state index >= 15 is 43.2 Å². The number of nitrogens with zero attached hydrogens (tertiary/aromatic N) is 3. The number of allylic oxidation sites excluding steroid dienone is 3. The van der Waals surface area contributed by atoms with Crippen molar-refractivity contribution in [2.75, 3.05) is 65.0 Å². The number of unbranched alkanes of at least 4 members (excludes halogenated alkanes) is 1. The number of methoxy groups -OCH3 is 1. The molecule has 19 unspecified atom stereocenters. The van der Waals surface area contributed by atoms with E-state index in [9.17, 15) is 29.4 Å². The molecule has 120 heavy (non-hydrogen) atoms. The van der Waals surface area contributed by atoms with Crippen LogP contribution in [0.2, 0.25) is 0 Å². The second-order valence-corrected chi connectivity index (χ2v) is 37.9. The summed E-state index contributed by atoms with van der Waals surface area (Å²) in [5.41, 5.74) is -0.497. The van der Waals surface area contributed by atoms with E-state index in [0.717, 1.165) is 40.1 Å². The number of amides is 10. The van der Waals surface area contributed by atoms with Gasteiger partial charge in [-0.15, -0.1) is 0 Å². The highest BCUT2D eigenvalue weighted by Crippen LogP contribution is 2.66. The van der Waals surface area contributed by atoms with Crippen molar-refractivity contribution < 1.29 is 86.8 Å². The standard InChI is InChI=1S/C88H120N12O18S2/c1-51(101)74-81(111)95-67(72(104)48-117-84(114)88(116-7)36-35-61-60-33-31-54-43-57(102)32-34-59(54)73(60)71(103)45-87(61,88)5)49-119-120-50-68(96-77(107)65(42-53-23-12-9-13-24-53)94-80(110)69-29-19-39-99(69)83(113)70-30-20-40-100(70)82(112)55-25-18-38-98(6)47-55)79(109)92-64(41-52-21-10-8-11-22-52)76(106)93-66(44-56-46-90-62-27-15-14-26-58(56)62)78(108)91-63(75(105)97-74)28-16-17-37-89-85(115)118-86(2,3)4/h8-15,21-24,26-27,43,46,51,55,58-71,73-74,90,101,103H,16-20,25,28-42,44-45,47-50H2,1-7H3,(H,89,115)(H,91,108)(H,92,109)(H,93,106)(H,94,110)(H,95,111)(H,96,107)(H,97,105)/t51?,55?,58?,59?,60?,61?,62?,63?,64?,65?,66?,67?,68?,69?,70?,71?,73?,74?,87?,88-/m1/s1. The number of carbonyl (C=O) groups is 13. The summed E-state index contributed by atoms with van der Waals surface area (Å²) in [6.45, 7) is 9.51.